The van der Waals surface area contributed by atoms with Crippen LogP contribution in [-0.2, 0) is 4.79 Å². The fourth-order valence-corrected chi connectivity index (χ4v) is 4.10. The summed E-state index contributed by atoms with van der Waals surface area (Å²) in [5.41, 5.74) is 0. The van der Waals surface area contributed by atoms with Gasteiger partial charge in [0.05, 0.1) is 0 Å². The molecule has 2 saturated carbocycles. The third-order valence-corrected chi connectivity index (χ3v) is 5.16. The van der Waals surface area contributed by atoms with Gasteiger partial charge in [-0.2, -0.15) is 0 Å². The summed E-state index contributed by atoms with van der Waals surface area (Å²) in [6.07, 6.45) is 9.94. The van der Waals surface area contributed by atoms with Crippen molar-refractivity contribution in [1.29, 1.82) is 0 Å². The number of rotatable bonds is 7. The summed E-state index contributed by atoms with van der Waals surface area (Å²) in [6.45, 7) is 6.68. The Kier molecular flexibility index (Phi) is 5.29. The Balaban J connectivity index is 1.61. The van der Waals surface area contributed by atoms with Gasteiger partial charge in [0.2, 0.25) is 5.91 Å². The predicted molar refractivity (Wildman–Crippen MR) is 79.8 cm³/mol. The number of hydrogen-bond acceptors (Lipinski definition) is 1. The SMILES string of the molecule is CC(C)CCCC(C)NC(=O)CC1CC2CCC1C2. The molecule has 19 heavy (non-hydrogen) atoms. The van der Waals surface area contributed by atoms with Gasteiger partial charge < -0.3 is 5.32 Å². The Hall–Kier alpha value is -0.530. The Bertz CT molecular complexity index is 300. The van der Waals surface area contributed by atoms with Crippen LogP contribution in [0.5, 0.6) is 0 Å². The van der Waals surface area contributed by atoms with E-state index in [1.165, 1.54) is 38.5 Å². The summed E-state index contributed by atoms with van der Waals surface area (Å²) in [5, 5.41) is 3.20. The second-order valence-electron chi connectivity index (χ2n) is 7.43. The van der Waals surface area contributed by atoms with Crippen LogP contribution >= 0.6 is 0 Å². The summed E-state index contributed by atoms with van der Waals surface area (Å²) < 4.78 is 0. The number of fused-ring (bicyclic) bond motifs is 2. The Labute approximate surface area is 118 Å². The average molecular weight is 265 g/mol. The van der Waals surface area contributed by atoms with Crippen LogP contribution in [0.1, 0.15) is 72.1 Å². The number of amides is 1. The monoisotopic (exact) mass is 265 g/mol. The fourth-order valence-electron chi connectivity index (χ4n) is 4.10. The minimum atomic E-state index is 0.301. The molecule has 2 aliphatic rings. The molecular weight excluding hydrogens is 234 g/mol. The number of nitrogens with one attached hydrogen (secondary N) is 1. The molecule has 4 unspecified atom stereocenters. The zero-order valence-corrected chi connectivity index (χ0v) is 13.0. The molecule has 2 fully saturated rings. The van der Waals surface area contributed by atoms with Gasteiger partial charge in [0.25, 0.3) is 0 Å². The number of hydrogen-bond donors (Lipinski definition) is 1. The molecule has 0 saturated heterocycles. The lowest BCUT2D eigenvalue weighted by Gasteiger charge is -2.22. The molecule has 1 amide bonds. The van der Waals surface area contributed by atoms with E-state index in [2.05, 4.69) is 26.1 Å². The number of carbonyl (C=O) groups is 1. The van der Waals surface area contributed by atoms with Crippen LogP contribution in [0, 0.1) is 23.7 Å². The first kappa shape index (κ1) is 14.9. The topological polar surface area (TPSA) is 29.1 Å². The minimum Gasteiger partial charge on any atom is -0.354 e. The van der Waals surface area contributed by atoms with Gasteiger partial charge in [0, 0.05) is 12.5 Å². The average Bonchev–Trinajstić information content (AvgIpc) is 2.89. The van der Waals surface area contributed by atoms with E-state index < -0.39 is 0 Å². The fraction of sp³-hybridized carbons (Fsp3) is 0.941. The zero-order valence-electron chi connectivity index (χ0n) is 13.0. The molecule has 2 aliphatic carbocycles. The maximum Gasteiger partial charge on any atom is 0.220 e. The third kappa shape index (κ3) is 4.50. The van der Waals surface area contributed by atoms with Crippen LogP contribution in [-0.4, -0.2) is 11.9 Å². The molecule has 2 heteroatoms. The van der Waals surface area contributed by atoms with Crippen molar-refractivity contribution in [2.45, 2.75) is 78.2 Å². The van der Waals surface area contributed by atoms with E-state index in [0.717, 1.165) is 30.6 Å². The van der Waals surface area contributed by atoms with Gasteiger partial charge in [-0.15, -0.1) is 0 Å². The van der Waals surface area contributed by atoms with Gasteiger partial charge in [-0.25, -0.2) is 0 Å². The highest BCUT2D eigenvalue weighted by Gasteiger charge is 2.40. The first-order chi connectivity index (χ1) is 9.04. The lowest BCUT2D eigenvalue weighted by Crippen LogP contribution is -2.34. The molecule has 0 heterocycles. The van der Waals surface area contributed by atoms with Gasteiger partial charge in [-0.1, -0.05) is 33.1 Å². The molecule has 0 aromatic heterocycles. The molecule has 0 spiro atoms. The lowest BCUT2D eigenvalue weighted by atomic mass is 9.86. The molecule has 0 aromatic rings. The summed E-state index contributed by atoms with van der Waals surface area (Å²) in [6, 6.07) is 0.352. The predicted octanol–water partition coefficient (Wildman–Crippen LogP) is 4.14. The maximum atomic E-state index is 12.1. The van der Waals surface area contributed by atoms with Crippen LogP contribution in [0.4, 0.5) is 0 Å². The van der Waals surface area contributed by atoms with E-state index in [9.17, 15) is 4.79 Å². The van der Waals surface area contributed by atoms with Crippen molar-refractivity contribution >= 4 is 5.91 Å². The highest BCUT2D eigenvalue weighted by atomic mass is 16.1. The van der Waals surface area contributed by atoms with Gasteiger partial charge >= 0.3 is 0 Å². The maximum absolute atomic E-state index is 12.1. The van der Waals surface area contributed by atoms with Crippen LogP contribution in [0.25, 0.3) is 0 Å². The van der Waals surface area contributed by atoms with Crippen molar-refractivity contribution in [1.82, 2.24) is 5.32 Å². The first-order valence-electron chi connectivity index (χ1n) is 8.34. The van der Waals surface area contributed by atoms with E-state index in [4.69, 9.17) is 0 Å². The molecule has 0 aliphatic heterocycles. The Morgan fingerprint density at radius 1 is 1.16 bits per heavy atom. The largest absolute Gasteiger partial charge is 0.354 e. The molecular formula is C17H31NO. The van der Waals surface area contributed by atoms with E-state index >= 15 is 0 Å². The highest BCUT2D eigenvalue weighted by Crippen LogP contribution is 2.49. The van der Waals surface area contributed by atoms with Gasteiger partial charge in [-0.3, -0.25) is 4.79 Å². The third-order valence-electron chi connectivity index (χ3n) is 5.16. The van der Waals surface area contributed by atoms with Crippen LogP contribution in [0.3, 0.4) is 0 Å². The molecule has 0 radical (unpaired) electrons. The van der Waals surface area contributed by atoms with Crippen molar-refractivity contribution in [3.05, 3.63) is 0 Å². The highest BCUT2D eigenvalue weighted by molar-refractivity contribution is 5.76. The molecule has 2 rings (SSSR count). The van der Waals surface area contributed by atoms with Crippen LogP contribution in [0.2, 0.25) is 0 Å². The van der Waals surface area contributed by atoms with Gasteiger partial charge in [-0.05, 0) is 56.3 Å². The molecule has 2 nitrogen and oxygen atoms in total. The standard InChI is InChI=1S/C17H31NO/c1-12(2)5-4-6-13(3)18-17(19)11-16-10-14-7-8-15(16)9-14/h12-16H,4-11H2,1-3H3,(H,18,19). The van der Waals surface area contributed by atoms with Crippen LogP contribution < -0.4 is 5.32 Å². The van der Waals surface area contributed by atoms with Gasteiger partial charge in [0.15, 0.2) is 0 Å². The van der Waals surface area contributed by atoms with Crippen molar-refractivity contribution in [2.24, 2.45) is 23.7 Å². The minimum absolute atomic E-state index is 0.301. The van der Waals surface area contributed by atoms with Crippen molar-refractivity contribution in [3.63, 3.8) is 0 Å². The summed E-state index contributed by atoms with van der Waals surface area (Å²) >= 11 is 0. The van der Waals surface area contributed by atoms with E-state index in [0.29, 0.717) is 17.9 Å². The first-order valence-corrected chi connectivity index (χ1v) is 8.34. The van der Waals surface area contributed by atoms with Crippen molar-refractivity contribution in [3.8, 4) is 0 Å². The van der Waals surface area contributed by atoms with Crippen molar-refractivity contribution < 1.29 is 4.79 Å². The Morgan fingerprint density at radius 2 is 1.95 bits per heavy atom. The van der Waals surface area contributed by atoms with Gasteiger partial charge in [0.1, 0.15) is 0 Å². The zero-order chi connectivity index (χ0) is 13.8. The summed E-state index contributed by atoms with van der Waals surface area (Å²) in [7, 11) is 0. The molecule has 110 valence electrons. The number of carbonyl (C=O) groups excluding carboxylic acids is 1. The molecule has 1 N–H and O–H groups in total. The molecule has 0 aromatic carbocycles. The van der Waals surface area contributed by atoms with E-state index in [-0.39, 0.29) is 0 Å². The van der Waals surface area contributed by atoms with E-state index in [1.54, 1.807) is 0 Å². The quantitative estimate of drug-likeness (QED) is 0.736. The normalized spacial score (nSPS) is 30.8. The summed E-state index contributed by atoms with van der Waals surface area (Å²) in [5.74, 6) is 3.59. The second-order valence-corrected chi connectivity index (χ2v) is 7.43. The smallest absolute Gasteiger partial charge is 0.220 e. The Morgan fingerprint density at radius 3 is 2.53 bits per heavy atom. The lowest BCUT2D eigenvalue weighted by molar-refractivity contribution is -0.123. The van der Waals surface area contributed by atoms with Crippen molar-refractivity contribution in [2.75, 3.05) is 0 Å². The molecule has 4 atom stereocenters. The summed E-state index contributed by atoms with van der Waals surface area (Å²) in [4.78, 5) is 12.1. The second kappa shape index (κ2) is 6.76. The van der Waals surface area contributed by atoms with Crippen LogP contribution in [0.15, 0.2) is 0 Å². The van der Waals surface area contributed by atoms with E-state index in [1.807, 2.05) is 0 Å². The molecule has 2 bridgehead atoms.